The number of nitrogens with two attached hydrogens (primary N) is 1. The minimum Gasteiger partial charge on any atom is -0.396 e. The number of nitrogens with one attached hydrogen (secondary N) is 1. The first kappa shape index (κ1) is 14.3. The van der Waals surface area contributed by atoms with Crippen LogP contribution in [0.15, 0.2) is 12.1 Å². The minimum absolute atomic E-state index is 0.0153. The molecule has 4 N–H and O–H groups in total. The number of aromatic nitrogens is 1. The molecule has 1 atom stereocenters. The average molecular weight is 248 g/mol. The molecule has 5 nitrogen and oxygen atoms in total. The Morgan fingerprint density at radius 3 is 2.67 bits per heavy atom. The molecule has 0 saturated carbocycles. The second kappa shape index (κ2) is 5.69. The van der Waals surface area contributed by atoms with E-state index in [2.05, 4.69) is 31.1 Å². The first-order valence-electron chi connectivity index (χ1n) is 5.92. The molecule has 98 valence electrons. The van der Waals surface area contributed by atoms with Crippen LogP contribution in [0.4, 0.5) is 11.5 Å². The van der Waals surface area contributed by atoms with Crippen molar-refractivity contribution >= 4 is 11.5 Å². The van der Waals surface area contributed by atoms with Crippen molar-refractivity contribution in [3.05, 3.63) is 17.8 Å². The third kappa shape index (κ3) is 3.60. The van der Waals surface area contributed by atoms with Crippen LogP contribution in [-0.4, -0.2) is 22.7 Å². The van der Waals surface area contributed by atoms with Gasteiger partial charge in [0.1, 0.15) is 11.9 Å². The minimum atomic E-state index is -0.0153. The number of hydrogen-bond acceptors (Lipinski definition) is 5. The Bertz CT molecular complexity index is 445. The number of aliphatic hydroxyl groups is 1. The summed E-state index contributed by atoms with van der Waals surface area (Å²) >= 11 is 0. The molecule has 0 spiro atoms. The van der Waals surface area contributed by atoms with E-state index in [1.165, 1.54) is 0 Å². The van der Waals surface area contributed by atoms with Crippen molar-refractivity contribution in [2.75, 3.05) is 17.7 Å². The van der Waals surface area contributed by atoms with Crippen molar-refractivity contribution in [1.29, 1.82) is 5.26 Å². The third-order valence-electron chi connectivity index (χ3n) is 2.82. The lowest BCUT2D eigenvalue weighted by Crippen LogP contribution is -2.35. The van der Waals surface area contributed by atoms with Crippen molar-refractivity contribution in [1.82, 2.24) is 4.98 Å². The Hall–Kier alpha value is -1.80. The molecule has 0 saturated heterocycles. The van der Waals surface area contributed by atoms with E-state index >= 15 is 0 Å². The van der Waals surface area contributed by atoms with E-state index in [0.717, 1.165) is 0 Å². The summed E-state index contributed by atoms with van der Waals surface area (Å²) in [6.07, 6.45) is 0.622. The number of nitrogen functional groups attached to an aromatic ring is 1. The van der Waals surface area contributed by atoms with E-state index in [9.17, 15) is 0 Å². The summed E-state index contributed by atoms with van der Waals surface area (Å²) < 4.78 is 0. The van der Waals surface area contributed by atoms with E-state index < -0.39 is 0 Å². The molecular weight excluding hydrogens is 228 g/mol. The van der Waals surface area contributed by atoms with Crippen LogP contribution in [0.25, 0.3) is 0 Å². The fourth-order valence-corrected chi connectivity index (χ4v) is 1.67. The molecule has 0 amide bonds. The molecule has 1 rings (SSSR count). The maximum atomic E-state index is 9.09. The van der Waals surface area contributed by atoms with Gasteiger partial charge in [-0.25, -0.2) is 4.98 Å². The van der Waals surface area contributed by atoms with Crippen LogP contribution in [-0.2, 0) is 0 Å². The molecule has 0 fully saturated rings. The van der Waals surface area contributed by atoms with Gasteiger partial charge >= 0.3 is 0 Å². The highest BCUT2D eigenvalue weighted by Crippen LogP contribution is 2.25. The molecular formula is C13H20N4O. The second-order valence-electron chi connectivity index (χ2n) is 5.32. The van der Waals surface area contributed by atoms with E-state index in [4.69, 9.17) is 16.1 Å². The SMILES string of the molecule is CC(C)(C)C(CCO)Nc1ccc(N)c(C#N)n1. The first-order chi connectivity index (χ1) is 8.38. The first-order valence-corrected chi connectivity index (χ1v) is 5.92. The normalized spacial score (nSPS) is 12.8. The van der Waals surface area contributed by atoms with Crippen LogP contribution in [0.5, 0.6) is 0 Å². The highest BCUT2D eigenvalue weighted by Gasteiger charge is 2.24. The largest absolute Gasteiger partial charge is 0.396 e. The summed E-state index contributed by atoms with van der Waals surface area (Å²) in [6, 6.07) is 5.43. The van der Waals surface area contributed by atoms with Crippen LogP contribution in [0.1, 0.15) is 32.9 Å². The number of aliphatic hydroxyl groups excluding tert-OH is 1. The topological polar surface area (TPSA) is 95.0 Å². The zero-order valence-electron chi connectivity index (χ0n) is 11.1. The zero-order chi connectivity index (χ0) is 13.8. The van der Waals surface area contributed by atoms with Gasteiger partial charge in [0.05, 0.1) is 5.69 Å². The molecule has 0 radical (unpaired) electrons. The lowest BCUT2D eigenvalue weighted by atomic mass is 9.85. The third-order valence-corrected chi connectivity index (χ3v) is 2.82. The molecule has 1 aromatic rings. The summed E-state index contributed by atoms with van der Waals surface area (Å²) in [7, 11) is 0. The van der Waals surface area contributed by atoms with Gasteiger partial charge < -0.3 is 16.2 Å². The van der Waals surface area contributed by atoms with Crippen molar-refractivity contribution in [2.45, 2.75) is 33.2 Å². The van der Waals surface area contributed by atoms with Gasteiger partial charge in [-0.15, -0.1) is 0 Å². The lowest BCUT2D eigenvalue weighted by molar-refractivity contribution is 0.235. The molecule has 5 heteroatoms. The number of pyridine rings is 1. The van der Waals surface area contributed by atoms with Gasteiger partial charge in [0, 0.05) is 12.6 Å². The average Bonchev–Trinajstić information content (AvgIpc) is 2.29. The quantitative estimate of drug-likeness (QED) is 0.754. The molecule has 0 bridgehead atoms. The summed E-state index contributed by atoms with van der Waals surface area (Å²) in [6.45, 7) is 6.36. The highest BCUT2D eigenvalue weighted by atomic mass is 16.3. The van der Waals surface area contributed by atoms with Gasteiger partial charge in [-0.05, 0) is 24.0 Å². The molecule has 1 aromatic heterocycles. The molecule has 0 aliphatic heterocycles. The van der Waals surface area contributed by atoms with Crippen molar-refractivity contribution in [3.8, 4) is 6.07 Å². The standard InChI is InChI=1S/C13H20N4O/c1-13(2,3)11(6-7-18)17-12-5-4-9(15)10(8-14)16-12/h4-5,11,18H,6-7,15H2,1-3H3,(H,16,17). The maximum absolute atomic E-state index is 9.09. The van der Waals surface area contributed by atoms with Gasteiger partial charge in [0.25, 0.3) is 0 Å². The van der Waals surface area contributed by atoms with E-state index in [-0.39, 0.29) is 23.8 Å². The van der Waals surface area contributed by atoms with E-state index in [1.807, 2.05) is 6.07 Å². The predicted octanol–water partition coefficient (Wildman–Crippen LogP) is 1.74. The Kier molecular flexibility index (Phi) is 4.51. The summed E-state index contributed by atoms with van der Waals surface area (Å²) in [5.74, 6) is 0.606. The molecule has 0 aromatic carbocycles. The Morgan fingerprint density at radius 1 is 1.50 bits per heavy atom. The van der Waals surface area contributed by atoms with Gasteiger partial charge in [-0.1, -0.05) is 20.8 Å². The van der Waals surface area contributed by atoms with Crippen molar-refractivity contribution in [2.24, 2.45) is 5.41 Å². The summed E-state index contributed by atoms with van der Waals surface area (Å²) in [5.41, 5.74) is 6.20. The van der Waals surface area contributed by atoms with Crippen LogP contribution in [0.2, 0.25) is 0 Å². The second-order valence-corrected chi connectivity index (χ2v) is 5.32. The highest BCUT2D eigenvalue weighted by molar-refractivity contribution is 5.54. The van der Waals surface area contributed by atoms with Crippen LogP contribution < -0.4 is 11.1 Å². The van der Waals surface area contributed by atoms with E-state index in [0.29, 0.717) is 17.9 Å². The monoisotopic (exact) mass is 248 g/mol. The Labute approximate surface area is 108 Å². The van der Waals surface area contributed by atoms with E-state index in [1.54, 1.807) is 12.1 Å². The van der Waals surface area contributed by atoms with Crippen molar-refractivity contribution < 1.29 is 5.11 Å². The Morgan fingerprint density at radius 2 is 2.17 bits per heavy atom. The number of nitriles is 1. The Balaban J connectivity index is 2.91. The zero-order valence-corrected chi connectivity index (χ0v) is 11.1. The fourth-order valence-electron chi connectivity index (χ4n) is 1.67. The summed E-state index contributed by atoms with van der Waals surface area (Å²) in [5, 5.41) is 21.2. The molecule has 1 unspecified atom stereocenters. The number of hydrogen-bond donors (Lipinski definition) is 3. The summed E-state index contributed by atoms with van der Waals surface area (Å²) in [4.78, 5) is 4.15. The maximum Gasteiger partial charge on any atom is 0.165 e. The van der Waals surface area contributed by atoms with Crippen LogP contribution >= 0.6 is 0 Å². The molecule has 18 heavy (non-hydrogen) atoms. The number of rotatable bonds is 4. The smallest absolute Gasteiger partial charge is 0.165 e. The number of anilines is 2. The predicted molar refractivity (Wildman–Crippen MR) is 71.9 cm³/mol. The van der Waals surface area contributed by atoms with Crippen LogP contribution in [0, 0.1) is 16.7 Å². The van der Waals surface area contributed by atoms with Gasteiger partial charge in [-0.3, -0.25) is 0 Å². The van der Waals surface area contributed by atoms with Crippen LogP contribution in [0.3, 0.4) is 0 Å². The number of nitrogens with zero attached hydrogens (tertiary/aromatic N) is 2. The molecule has 0 aliphatic carbocycles. The lowest BCUT2D eigenvalue weighted by Gasteiger charge is -2.31. The van der Waals surface area contributed by atoms with Crippen molar-refractivity contribution in [3.63, 3.8) is 0 Å². The fraction of sp³-hybridized carbons (Fsp3) is 0.538. The van der Waals surface area contributed by atoms with Gasteiger partial charge in [-0.2, -0.15) is 5.26 Å². The van der Waals surface area contributed by atoms with Gasteiger partial charge in [0.15, 0.2) is 5.69 Å². The molecule has 0 aliphatic rings. The molecule has 1 heterocycles. The van der Waals surface area contributed by atoms with Gasteiger partial charge in [0.2, 0.25) is 0 Å².